The van der Waals surface area contributed by atoms with Crippen LogP contribution in [0.15, 0.2) is 97.2 Å². The number of carbonyl (C=O) groups excluding carboxylic acids is 2. The first-order valence-electron chi connectivity index (χ1n) is 34.0. The van der Waals surface area contributed by atoms with E-state index in [2.05, 4.69) is 111 Å². The number of nitrogens with zero attached hydrogens (tertiary/aromatic N) is 1. The van der Waals surface area contributed by atoms with Crippen molar-refractivity contribution in [2.75, 3.05) is 47.5 Å². The van der Waals surface area contributed by atoms with Gasteiger partial charge in [0.2, 0.25) is 0 Å². The Morgan fingerprint density at radius 2 is 0.695 bits per heavy atom. The molecule has 0 spiro atoms. The minimum Gasteiger partial charge on any atom is -0.462 e. The van der Waals surface area contributed by atoms with Crippen molar-refractivity contribution in [1.82, 2.24) is 0 Å². The summed E-state index contributed by atoms with van der Waals surface area (Å²) in [6.07, 6.45) is 86.5. The van der Waals surface area contributed by atoms with Gasteiger partial charge in [-0.3, -0.25) is 18.6 Å². The number of hydrogen-bond donors (Lipinski definition) is 1. The minimum atomic E-state index is -4.40. The number of ether oxygens (including phenoxy) is 2. The second-order valence-electron chi connectivity index (χ2n) is 23.8. The van der Waals surface area contributed by atoms with E-state index in [9.17, 15) is 19.0 Å². The normalized spacial score (nSPS) is 13.8. The summed E-state index contributed by atoms with van der Waals surface area (Å²) >= 11 is 0. The van der Waals surface area contributed by atoms with Gasteiger partial charge in [-0.15, -0.1) is 0 Å². The quantitative estimate of drug-likeness (QED) is 0.0211. The van der Waals surface area contributed by atoms with E-state index in [0.717, 1.165) is 96.3 Å². The van der Waals surface area contributed by atoms with Gasteiger partial charge in [-0.05, 0) is 77.0 Å². The average Bonchev–Trinajstić information content (AvgIpc) is 3.45. The van der Waals surface area contributed by atoms with Gasteiger partial charge in [-0.25, -0.2) is 4.57 Å². The lowest BCUT2D eigenvalue weighted by molar-refractivity contribution is -0.870. The van der Waals surface area contributed by atoms with Gasteiger partial charge in [0.25, 0.3) is 0 Å². The molecule has 9 nitrogen and oxygen atoms in total. The van der Waals surface area contributed by atoms with Crippen LogP contribution >= 0.6 is 7.82 Å². The Bertz CT molecular complexity index is 1710. The van der Waals surface area contributed by atoms with Gasteiger partial charge in [-0.2, -0.15) is 0 Å². The van der Waals surface area contributed by atoms with E-state index in [0.29, 0.717) is 17.4 Å². The van der Waals surface area contributed by atoms with E-state index in [1.165, 1.54) is 167 Å². The fourth-order valence-corrected chi connectivity index (χ4v) is 10.2. The summed E-state index contributed by atoms with van der Waals surface area (Å²) in [7, 11) is 1.46. The molecular formula is C72H129NO8P+. The van der Waals surface area contributed by atoms with Crippen LogP contribution in [0.5, 0.6) is 0 Å². The maximum atomic E-state index is 12.9. The van der Waals surface area contributed by atoms with Crippen molar-refractivity contribution in [3.05, 3.63) is 97.2 Å². The Morgan fingerprint density at radius 3 is 1.04 bits per heavy atom. The summed E-state index contributed by atoms with van der Waals surface area (Å²) in [5, 5.41) is 0. The van der Waals surface area contributed by atoms with Crippen LogP contribution in [0.25, 0.3) is 0 Å². The molecule has 0 aromatic heterocycles. The molecule has 0 radical (unpaired) electrons. The van der Waals surface area contributed by atoms with Gasteiger partial charge < -0.3 is 18.9 Å². The molecule has 474 valence electrons. The molecule has 0 aromatic carbocycles. The smallest absolute Gasteiger partial charge is 0.462 e. The highest BCUT2D eigenvalue weighted by molar-refractivity contribution is 7.47. The molecular weight excluding hydrogens is 1040 g/mol. The van der Waals surface area contributed by atoms with E-state index < -0.39 is 26.5 Å². The van der Waals surface area contributed by atoms with Crippen molar-refractivity contribution in [3.8, 4) is 0 Å². The first-order valence-corrected chi connectivity index (χ1v) is 35.5. The zero-order chi connectivity index (χ0) is 59.8. The van der Waals surface area contributed by atoms with Crippen LogP contribution in [-0.4, -0.2) is 74.9 Å². The number of likely N-dealkylation sites (N-methyl/N-ethyl adjacent to an activating group) is 1. The average molecular weight is 1170 g/mol. The molecule has 2 unspecified atom stereocenters. The number of allylic oxidation sites excluding steroid dienone is 16. The predicted molar refractivity (Wildman–Crippen MR) is 353 cm³/mol. The molecule has 0 aromatic rings. The molecule has 0 heterocycles. The number of hydrogen-bond acceptors (Lipinski definition) is 7. The van der Waals surface area contributed by atoms with Crippen molar-refractivity contribution in [3.63, 3.8) is 0 Å². The van der Waals surface area contributed by atoms with Crippen molar-refractivity contribution in [2.45, 2.75) is 302 Å². The lowest BCUT2D eigenvalue weighted by Gasteiger charge is -2.24. The number of unbranched alkanes of at least 4 members (excludes halogenated alkanes) is 32. The van der Waals surface area contributed by atoms with Crippen LogP contribution in [0.1, 0.15) is 296 Å². The lowest BCUT2D eigenvalue weighted by atomic mass is 10.0. The molecule has 0 fully saturated rings. The largest absolute Gasteiger partial charge is 0.472 e. The standard InChI is InChI=1S/C72H128NO8P/c1-6-8-10-12-14-16-18-20-22-24-26-28-30-32-34-36-38-40-42-44-46-48-50-52-54-56-58-60-62-64-71(74)78-68-70(69-80-82(76,77)79-67-66-73(3,4)5)81-72(75)65-63-61-59-57-55-53-51-49-47-45-43-41-39-37-35-33-31-29-27-25-23-21-19-17-15-13-11-9-7-2/h9,11,15,17,21,23,27,29,33,35,39,41,45,47,51,53,70H,6-8,10,12-14,16,18-20,22,24-26,28,30-32,34,36-38,40,42-44,46,48-50,52,54-69H2,1-5H3/p+1/b11-9-,17-15-,23-21-,29-27-,35-33-,41-39-,47-45-,53-51-. The zero-order valence-corrected chi connectivity index (χ0v) is 54.8. The van der Waals surface area contributed by atoms with Gasteiger partial charge in [0, 0.05) is 12.8 Å². The minimum absolute atomic E-state index is 0.0228. The van der Waals surface area contributed by atoms with Crippen LogP contribution in [0.2, 0.25) is 0 Å². The number of phosphoric acid groups is 1. The molecule has 82 heavy (non-hydrogen) atoms. The van der Waals surface area contributed by atoms with Gasteiger partial charge >= 0.3 is 19.8 Å². The van der Waals surface area contributed by atoms with Crippen molar-refractivity contribution in [2.24, 2.45) is 0 Å². The van der Waals surface area contributed by atoms with Gasteiger partial charge in [0.05, 0.1) is 27.7 Å². The van der Waals surface area contributed by atoms with E-state index in [4.69, 9.17) is 18.5 Å². The van der Waals surface area contributed by atoms with Crippen LogP contribution < -0.4 is 0 Å². The Kier molecular flexibility index (Phi) is 60.1. The van der Waals surface area contributed by atoms with Gasteiger partial charge in [0.15, 0.2) is 6.10 Å². The fraction of sp³-hybridized carbons (Fsp3) is 0.750. The van der Waals surface area contributed by atoms with E-state index in [1.807, 2.05) is 21.1 Å². The topological polar surface area (TPSA) is 108 Å². The molecule has 0 saturated carbocycles. The van der Waals surface area contributed by atoms with E-state index >= 15 is 0 Å². The zero-order valence-electron chi connectivity index (χ0n) is 54.0. The summed E-state index contributed by atoms with van der Waals surface area (Å²) in [5.74, 6) is -0.821. The first-order chi connectivity index (χ1) is 40.0. The summed E-state index contributed by atoms with van der Waals surface area (Å²) in [4.78, 5) is 35.8. The summed E-state index contributed by atoms with van der Waals surface area (Å²) in [5.41, 5.74) is 0. The Balaban J connectivity index is 4.13. The number of phosphoric ester groups is 1. The first kappa shape index (κ1) is 78.9. The monoisotopic (exact) mass is 1170 g/mol. The number of carbonyl (C=O) groups is 2. The van der Waals surface area contributed by atoms with Crippen molar-refractivity contribution < 1.29 is 42.1 Å². The third kappa shape index (κ3) is 66.1. The number of esters is 2. The van der Waals surface area contributed by atoms with Gasteiger partial charge in [-0.1, -0.05) is 304 Å². The molecule has 10 heteroatoms. The number of quaternary nitrogens is 1. The van der Waals surface area contributed by atoms with Crippen LogP contribution in [0.4, 0.5) is 0 Å². The predicted octanol–water partition coefficient (Wildman–Crippen LogP) is 21.9. The summed E-state index contributed by atoms with van der Waals surface area (Å²) in [6.45, 7) is 4.32. The summed E-state index contributed by atoms with van der Waals surface area (Å²) in [6, 6.07) is 0. The van der Waals surface area contributed by atoms with Crippen molar-refractivity contribution >= 4 is 19.8 Å². The molecule has 0 bridgehead atoms. The molecule has 0 aliphatic rings. The summed E-state index contributed by atoms with van der Waals surface area (Å²) < 4.78 is 34.7. The SMILES string of the molecule is CC/C=C\C/C=C\C/C=C\C/C=C\C/C=C\C/C=C\C/C=C\C/C=C\CCCCCCC(=O)OC(COC(=O)CCCCCCCCCCCCCCCCCCCCCCCCCCCCCCC)COP(=O)(O)OCC[N+](C)(C)C. The highest BCUT2D eigenvalue weighted by atomic mass is 31.2. The third-order valence-corrected chi connectivity index (χ3v) is 15.6. The molecule has 2 atom stereocenters. The third-order valence-electron chi connectivity index (χ3n) is 14.6. The van der Waals surface area contributed by atoms with E-state index in [1.54, 1.807) is 0 Å². The molecule has 0 amide bonds. The van der Waals surface area contributed by atoms with Crippen LogP contribution in [0, 0.1) is 0 Å². The maximum absolute atomic E-state index is 12.9. The number of rotatable bonds is 62. The highest BCUT2D eigenvalue weighted by Gasteiger charge is 2.27. The second kappa shape index (κ2) is 62.5. The van der Waals surface area contributed by atoms with Crippen LogP contribution in [-0.2, 0) is 32.7 Å². The Hall–Kier alpha value is -3.07. The second-order valence-corrected chi connectivity index (χ2v) is 25.3. The molecule has 0 aliphatic carbocycles. The molecule has 0 aliphatic heterocycles. The van der Waals surface area contributed by atoms with Gasteiger partial charge in [0.1, 0.15) is 19.8 Å². The Labute approximate surface area is 506 Å². The molecule has 1 N–H and O–H groups in total. The Morgan fingerprint density at radius 1 is 0.390 bits per heavy atom. The van der Waals surface area contributed by atoms with E-state index in [-0.39, 0.29) is 32.0 Å². The highest BCUT2D eigenvalue weighted by Crippen LogP contribution is 2.43. The lowest BCUT2D eigenvalue weighted by Crippen LogP contribution is -2.37. The maximum Gasteiger partial charge on any atom is 0.472 e. The molecule has 0 saturated heterocycles. The van der Waals surface area contributed by atoms with Crippen LogP contribution in [0.3, 0.4) is 0 Å². The fourth-order valence-electron chi connectivity index (χ4n) is 9.45. The molecule has 0 rings (SSSR count). The van der Waals surface area contributed by atoms with Crippen molar-refractivity contribution in [1.29, 1.82) is 0 Å².